The van der Waals surface area contributed by atoms with Crippen molar-refractivity contribution in [3.05, 3.63) is 80.9 Å². The van der Waals surface area contributed by atoms with Crippen LogP contribution in [0.1, 0.15) is 11.1 Å². The van der Waals surface area contributed by atoms with Crippen LogP contribution in [-0.4, -0.2) is 22.0 Å². The van der Waals surface area contributed by atoms with Gasteiger partial charge in [-0.3, -0.25) is 4.79 Å². The predicted octanol–water partition coefficient (Wildman–Crippen LogP) is 3.25. The molecule has 0 fully saturated rings. The average Bonchev–Trinajstić information content (AvgIpc) is 2.65. The third-order valence-electron chi connectivity index (χ3n) is 3.91. The van der Waals surface area contributed by atoms with Crippen LogP contribution in [0.5, 0.6) is 5.75 Å². The SMILES string of the molecule is COc1ccc(-c2cc(CO)c(=O)n(Cc3ccc(Cl)cc3)n2)cc1F. The van der Waals surface area contributed by atoms with Gasteiger partial charge in [0.1, 0.15) is 0 Å². The molecular formula is C19H16ClFN2O3. The maximum absolute atomic E-state index is 14.0. The lowest BCUT2D eigenvalue weighted by molar-refractivity contribution is 0.278. The molecule has 3 rings (SSSR count). The van der Waals surface area contributed by atoms with Gasteiger partial charge in [-0.2, -0.15) is 5.10 Å². The third-order valence-corrected chi connectivity index (χ3v) is 4.16. The van der Waals surface area contributed by atoms with Gasteiger partial charge in [-0.25, -0.2) is 9.07 Å². The molecule has 0 bridgehead atoms. The first-order valence-corrected chi connectivity index (χ1v) is 8.20. The summed E-state index contributed by atoms with van der Waals surface area (Å²) in [5.74, 6) is -0.418. The largest absolute Gasteiger partial charge is 0.494 e. The number of halogens is 2. The van der Waals surface area contributed by atoms with Crippen LogP contribution in [0.2, 0.25) is 5.02 Å². The van der Waals surface area contributed by atoms with Crippen molar-refractivity contribution in [2.24, 2.45) is 0 Å². The minimum absolute atomic E-state index is 0.116. The Balaban J connectivity index is 2.05. The molecule has 134 valence electrons. The Kier molecular flexibility index (Phi) is 5.35. The lowest BCUT2D eigenvalue weighted by Gasteiger charge is -2.11. The van der Waals surface area contributed by atoms with Crippen LogP contribution < -0.4 is 10.3 Å². The maximum atomic E-state index is 14.0. The summed E-state index contributed by atoms with van der Waals surface area (Å²) < 4.78 is 20.2. The van der Waals surface area contributed by atoms with Crippen molar-refractivity contribution in [1.29, 1.82) is 0 Å². The fourth-order valence-corrected chi connectivity index (χ4v) is 2.67. The van der Waals surface area contributed by atoms with Crippen molar-refractivity contribution < 1.29 is 14.2 Å². The monoisotopic (exact) mass is 374 g/mol. The summed E-state index contributed by atoms with van der Waals surface area (Å²) in [7, 11) is 1.38. The van der Waals surface area contributed by atoms with Crippen LogP contribution in [0.15, 0.2) is 53.3 Å². The molecule has 1 heterocycles. The molecule has 1 aromatic heterocycles. The molecule has 0 aliphatic heterocycles. The van der Waals surface area contributed by atoms with Crippen LogP contribution in [0.4, 0.5) is 4.39 Å². The Morgan fingerprint density at radius 1 is 1.19 bits per heavy atom. The number of ether oxygens (including phenoxy) is 1. The molecule has 7 heteroatoms. The van der Waals surface area contributed by atoms with Gasteiger partial charge in [-0.05, 0) is 42.0 Å². The fraction of sp³-hybridized carbons (Fsp3) is 0.158. The number of methoxy groups -OCH3 is 1. The number of hydrogen-bond acceptors (Lipinski definition) is 4. The van der Waals surface area contributed by atoms with E-state index in [1.165, 1.54) is 30.0 Å². The first kappa shape index (κ1) is 18.1. The molecule has 3 aromatic rings. The Hall–Kier alpha value is -2.70. The number of aliphatic hydroxyl groups is 1. The number of rotatable bonds is 5. The molecule has 2 aromatic carbocycles. The summed E-state index contributed by atoms with van der Waals surface area (Å²) >= 11 is 5.88. The summed E-state index contributed by atoms with van der Waals surface area (Å²) in [5, 5.41) is 14.4. The third kappa shape index (κ3) is 3.76. The molecule has 5 nitrogen and oxygen atoms in total. The van der Waals surface area contributed by atoms with E-state index in [1.807, 2.05) is 0 Å². The van der Waals surface area contributed by atoms with Gasteiger partial charge in [-0.1, -0.05) is 23.7 Å². The molecule has 0 amide bonds. The number of nitrogens with zero attached hydrogens (tertiary/aromatic N) is 2. The van der Waals surface area contributed by atoms with Crippen molar-refractivity contribution in [3.8, 4) is 17.0 Å². The van der Waals surface area contributed by atoms with Crippen LogP contribution in [0.25, 0.3) is 11.3 Å². The zero-order valence-corrected chi connectivity index (χ0v) is 14.7. The summed E-state index contributed by atoms with van der Waals surface area (Å²) in [4.78, 5) is 12.4. The molecule has 0 spiro atoms. The Labute approximate surface area is 154 Å². The zero-order chi connectivity index (χ0) is 18.7. The minimum Gasteiger partial charge on any atom is -0.494 e. The average molecular weight is 375 g/mol. The van der Waals surface area contributed by atoms with Crippen LogP contribution in [-0.2, 0) is 13.2 Å². The van der Waals surface area contributed by atoms with Gasteiger partial charge in [-0.15, -0.1) is 0 Å². The highest BCUT2D eigenvalue weighted by atomic mass is 35.5. The van der Waals surface area contributed by atoms with Gasteiger partial charge in [0, 0.05) is 16.1 Å². The number of hydrogen-bond donors (Lipinski definition) is 1. The molecule has 26 heavy (non-hydrogen) atoms. The highest BCUT2D eigenvalue weighted by Gasteiger charge is 2.12. The second-order valence-electron chi connectivity index (χ2n) is 5.65. The quantitative estimate of drug-likeness (QED) is 0.744. The van der Waals surface area contributed by atoms with Crippen LogP contribution in [0, 0.1) is 5.82 Å². The van der Waals surface area contributed by atoms with E-state index in [4.69, 9.17) is 16.3 Å². The highest BCUT2D eigenvalue weighted by Crippen LogP contribution is 2.24. The van der Waals surface area contributed by atoms with Gasteiger partial charge < -0.3 is 9.84 Å². The molecule has 0 saturated heterocycles. The van der Waals surface area contributed by atoms with Crippen molar-refractivity contribution in [1.82, 2.24) is 9.78 Å². The molecule has 0 aliphatic rings. The van der Waals surface area contributed by atoms with Crippen LogP contribution in [0.3, 0.4) is 0 Å². The predicted molar refractivity (Wildman–Crippen MR) is 96.9 cm³/mol. The first-order valence-electron chi connectivity index (χ1n) is 7.82. The fourth-order valence-electron chi connectivity index (χ4n) is 2.55. The Morgan fingerprint density at radius 3 is 2.54 bits per heavy atom. The molecule has 0 radical (unpaired) electrons. The van der Waals surface area contributed by atoms with E-state index in [0.717, 1.165) is 5.56 Å². The molecule has 0 saturated carbocycles. The van der Waals surface area contributed by atoms with E-state index < -0.39 is 18.0 Å². The van der Waals surface area contributed by atoms with E-state index >= 15 is 0 Å². The van der Waals surface area contributed by atoms with E-state index in [1.54, 1.807) is 30.3 Å². The molecular weight excluding hydrogens is 359 g/mol. The zero-order valence-electron chi connectivity index (χ0n) is 13.9. The molecule has 0 unspecified atom stereocenters. The standard InChI is InChI=1S/C19H16ClFN2O3/c1-26-18-7-4-13(8-16(18)21)17-9-14(11-24)19(25)23(22-17)10-12-2-5-15(20)6-3-12/h2-9,24H,10-11H2,1H3. The highest BCUT2D eigenvalue weighted by molar-refractivity contribution is 6.30. The number of aliphatic hydroxyl groups excluding tert-OH is 1. The minimum atomic E-state index is -0.534. The molecule has 0 atom stereocenters. The van der Waals surface area contributed by atoms with Gasteiger partial charge in [0.25, 0.3) is 5.56 Å². The smallest absolute Gasteiger partial charge is 0.272 e. The second-order valence-corrected chi connectivity index (χ2v) is 6.09. The summed E-state index contributed by atoms with van der Waals surface area (Å²) in [6, 6.07) is 12.9. The van der Waals surface area contributed by atoms with Crippen molar-refractivity contribution in [3.63, 3.8) is 0 Å². The lowest BCUT2D eigenvalue weighted by atomic mass is 10.1. The summed E-state index contributed by atoms with van der Waals surface area (Å²) in [6.45, 7) is -0.233. The molecule has 0 aliphatic carbocycles. The van der Waals surface area contributed by atoms with Crippen molar-refractivity contribution in [2.45, 2.75) is 13.2 Å². The maximum Gasteiger partial charge on any atom is 0.272 e. The Morgan fingerprint density at radius 2 is 1.92 bits per heavy atom. The van der Waals surface area contributed by atoms with Gasteiger partial charge in [0.15, 0.2) is 11.6 Å². The van der Waals surface area contributed by atoms with Gasteiger partial charge in [0.2, 0.25) is 0 Å². The lowest BCUT2D eigenvalue weighted by Crippen LogP contribution is -2.27. The second kappa shape index (κ2) is 7.68. The van der Waals surface area contributed by atoms with E-state index in [2.05, 4.69) is 5.10 Å². The van der Waals surface area contributed by atoms with E-state index in [-0.39, 0.29) is 17.9 Å². The van der Waals surface area contributed by atoms with E-state index in [0.29, 0.717) is 16.3 Å². The number of aromatic nitrogens is 2. The summed E-state index contributed by atoms with van der Waals surface area (Å²) in [5.41, 5.74) is 1.46. The Bertz CT molecular complexity index is 987. The van der Waals surface area contributed by atoms with Gasteiger partial charge >= 0.3 is 0 Å². The molecule has 1 N–H and O–H groups in total. The first-order chi connectivity index (χ1) is 12.5. The van der Waals surface area contributed by atoms with Gasteiger partial charge in [0.05, 0.1) is 26.0 Å². The number of benzene rings is 2. The topological polar surface area (TPSA) is 64.3 Å². The van der Waals surface area contributed by atoms with E-state index in [9.17, 15) is 14.3 Å². The normalized spacial score (nSPS) is 10.8. The van der Waals surface area contributed by atoms with Crippen molar-refractivity contribution >= 4 is 11.6 Å². The van der Waals surface area contributed by atoms with Crippen LogP contribution >= 0.6 is 11.6 Å². The van der Waals surface area contributed by atoms with Crippen molar-refractivity contribution in [2.75, 3.05) is 7.11 Å². The summed E-state index contributed by atoms with van der Waals surface area (Å²) in [6.07, 6.45) is 0.